The van der Waals surface area contributed by atoms with Gasteiger partial charge in [-0.25, -0.2) is 0 Å². The lowest BCUT2D eigenvalue weighted by molar-refractivity contribution is -0.174. The number of ether oxygens (including phenoxy) is 2. The fourth-order valence-electron chi connectivity index (χ4n) is 3.43. The standard InChI is InChI=1S/C23H26N2O5/c1-22(2,3)24-20(27)23(17-8-6-7-9-18(17)25(4)21(23)28)30-19(26)14-15-10-12-16(29-5)13-11-15/h6-13H,14H2,1-5H3,(H,24,27). The summed E-state index contributed by atoms with van der Waals surface area (Å²) in [6.45, 7) is 5.40. The van der Waals surface area contributed by atoms with Crippen molar-refractivity contribution in [2.24, 2.45) is 0 Å². The summed E-state index contributed by atoms with van der Waals surface area (Å²) in [6.07, 6.45) is -0.0896. The Bertz CT molecular complexity index is 978. The maximum absolute atomic E-state index is 13.3. The predicted molar refractivity (Wildman–Crippen MR) is 112 cm³/mol. The number of nitrogens with one attached hydrogen (secondary N) is 1. The molecule has 1 unspecified atom stereocenters. The molecule has 30 heavy (non-hydrogen) atoms. The first-order valence-electron chi connectivity index (χ1n) is 9.63. The van der Waals surface area contributed by atoms with Gasteiger partial charge < -0.3 is 19.7 Å². The quantitative estimate of drug-likeness (QED) is 0.605. The fraction of sp³-hybridized carbons (Fsp3) is 0.348. The zero-order valence-electron chi connectivity index (χ0n) is 17.8. The number of methoxy groups -OCH3 is 1. The molecule has 7 heteroatoms. The Balaban J connectivity index is 1.97. The summed E-state index contributed by atoms with van der Waals surface area (Å²) < 4.78 is 10.8. The normalized spacial score (nSPS) is 18.0. The Morgan fingerprint density at radius 3 is 2.30 bits per heavy atom. The number of esters is 1. The second-order valence-corrected chi connectivity index (χ2v) is 8.27. The highest BCUT2D eigenvalue weighted by Gasteiger charge is 2.59. The van der Waals surface area contributed by atoms with E-state index in [9.17, 15) is 14.4 Å². The van der Waals surface area contributed by atoms with Gasteiger partial charge in [-0.1, -0.05) is 30.3 Å². The molecule has 158 valence electrons. The second-order valence-electron chi connectivity index (χ2n) is 8.27. The van der Waals surface area contributed by atoms with Crippen molar-refractivity contribution in [1.29, 1.82) is 0 Å². The van der Waals surface area contributed by atoms with Gasteiger partial charge in [-0.15, -0.1) is 0 Å². The highest BCUT2D eigenvalue weighted by Crippen LogP contribution is 2.42. The molecular weight excluding hydrogens is 384 g/mol. The molecule has 1 aliphatic heterocycles. The van der Waals surface area contributed by atoms with Crippen LogP contribution in [0.1, 0.15) is 31.9 Å². The molecule has 0 saturated carbocycles. The van der Waals surface area contributed by atoms with Crippen LogP contribution < -0.4 is 15.0 Å². The molecule has 0 fully saturated rings. The zero-order chi connectivity index (χ0) is 22.1. The number of hydrogen-bond donors (Lipinski definition) is 1. The molecule has 7 nitrogen and oxygen atoms in total. The Labute approximate surface area is 176 Å². The van der Waals surface area contributed by atoms with Crippen LogP contribution >= 0.6 is 0 Å². The van der Waals surface area contributed by atoms with E-state index in [1.54, 1.807) is 83.5 Å². The number of fused-ring (bicyclic) bond motifs is 1. The third kappa shape index (κ3) is 3.87. The van der Waals surface area contributed by atoms with E-state index in [0.29, 0.717) is 22.6 Å². The lowest BCUT2D eigenvalue weighted by atomic mass is 9.92. The van der Waals surface area contributed by atoms with Crippen LogP contribution in [0.3, 0.4) is 0 Å². The average Bonchev–Trinajstić information content (AvgIpc) is 2.90. The molecule has 1 heterocycles. The van der Waals surface area contributed by atoms with Gasteiger partial charge >= 0.3 is 5.97 Å². The van der Waals surface area contributed by atoms with Crippen molar-refractivity contribution in [2.45, 2.75) is 38.3 Å². The van der Waals surface area contributed by atoms with Gasteiger partial charge in [0.05, 0.1) is 19.2 Å². The number of carbonyl (C=O) groups excluding carboxylic acids is 3. The number of rotatable bonds is 5. The molecular formula is C23H26N2O5. The summed E-state index contributed by atoms with van der Waals surface area (Å²) in [5, 5.41) is 2.80. The predicted octanol–water partition coefficient (Wildman–Crippen LogP) is 2.57. The maximum Gasteiger partial charge on any atom is 0.312 e. The Hall–Kier alpha value is -3.35. The van der Waals surface area contributed by atoms with E-state index in [-0.39, 0.29) is 6.42 Å². The minimum absolute atomic E-state index is 0.0896. The third-order valence-electron chi connectivity index (χ3n) is 4.83. The lowest BCUT2D eigenvalue weighted by Gasteiger charge is -2.31. The second kappa shape index (κ2) is 7.82. The van der Waals surface area contributed by atoms with Gasteiger partial charge in [0.15, 0.2) is 0 Å². The van der Waals surface area contributed by atoms with Crippen molar-refractivity contribution >= 4 is 23.5 Å². The molecule has 2 amide bonds. The Kier molecular flexibility index (Phi) is 5.57. The molecule has 3 rings (SSSR count). The minimum atomic E-state index is -2.07. The molecule has 2 aromatic carbocycles. The van der Waals surface area contributed by atoms with Gasteiger partial charge in [-0.2, -0.15) is 0 Å². The van der Waals surface area contributed by atoms with Crippen molar-refractivity contribution in [3.05, 3.63) is 59.7 Å². The largest absolute Gasteiger partial charge is 0.497 e. The first-order chi connectivity index (χ1) is 14.1. The summed E-state index contributed by atoms with van der Waals surface area (Å²) in [6, 6.07) is 13.8. The molecule has 2 aromatic rings. The summed E-state index contributed by atoms with van der Waals surface area (Å²) >= 11 is 0. The monoisotopic (exact) mass is 410 g/mol. The molecule has 0 radical (unpaired) electrons. The molecule has 1 N–H and O–H groups in total. The average molecular weight is 410 g/mol. The van der Waals surface area contributed by atoms with Crippen molar-refractivity contribution in [3.8, 4) is 5.75 Å². The first-order valence-corrected chi connectivity index (χ1v) is 9.63. The van der Waals surface area contributed by atoms with E-state index in [0.717, 1.165) is 0 Å². The summed E-state index contributed by atoms with van der Waals surface area (Å²) in [7, 11) is 3.12. The van der Waals surface area contributed by atoms with Crippen LogP contribution in [-0.4, -0.2) is 37.5 Å². The number of amides is 2. The lowest BCUT2D eigenvalue weighted by Crippen LogP contribution is -2.57. The summed E-state index contributed by atoms with van der Waals surface area (Å²) in [5.74, 6) is -1.29. The van der Waals surface area contributed by atoms with E-state index in [1.165, 1.54) is 4.90 Å². The van der Waals surface area contributed by atoms with Gasteiger partial charge in [0.25, 0.3) is 17.4 Å². The van der Waals surface area contributed by atoms with E-state index in [4.69, 9.17) is 9.47 Å². The molecule has 0 spiro atoms. The number of nitrogens with zero attached hydrogens (tertiary/aromatic N) is 1. The van der Waals surface area contributed by atoms with Crippen molar-refractivity contribution in [2.75, 3.05) is 19.1 Å². The summed E-state index contributed by atoms with van der Waals surface area (Å²) in [4.78, 5) is 40.8. The van der Waals surface area contributed by atoms with Gasteiger partial charge in [-0.05, 0) is 44.5 Å². The van der Waals surface area contributed by atoms with Crippen LogP contribution in [0.4, 0.5) is 5.69 Å². The molecule has 0 aliphatic carbocycles. The van der Waals surface area contributed by atoms with E-state index in [2.05, 4.69) is 5.32 Å². The van der Waals surface area contributed by atoms with Crippen LogP contribution in [0, 0.1) is 0 Å². The molecule has 0 saturated heterocycles. The van der Waals surface area contributed by atoms with Gasteiger partial charge in [0.1, 0.15) is 5.75 Å². The van der Waals surface area contributed by atoms with E-state index < -0.39 is 28.9 Å². The van der Waals surface area contributed by atoms with E-state index >= 15 is 0 Å². The first kappa shape index (κ1) is 21.4. The number of para-hydroxylation sites is 1. The molecule has 1 atom stereocenters. The van der Waals surface area contributed by atoms with Crippen molar-refractivity contribution in [3.63, 3.8) is 0 Å². The minimum Gasteiger partial charge on any atom is -0.497 e. The van der Waals surface area contributed by atoms with Crippen LogP contribution in [0.5, 0.6) is 5.75 Å². The third-order valence-corrected chi connectivity index (χ3v) is 4.83. The highest BCUT2D eigenvalue weighted by atomic mass is 16.6. The van der Waals surface area contributed by atoms with Crippen molar-refractivity contribution in [1.82, 2.24) is 5.32 Å². The Morgan fingerprint density at radius 2 is 1.70 bits per heavy atom. The topological polar surface area (TPSA) is 84.9 Å². The number of likely N-dealkylation sites (N-methyl/N-ethyl adjacent to an activating group) is 1. The zero-order valence-corrected chi connectivity index (χ0v) is 17.8. The van der Waals surface area contributed by atoms with Gasteiger partial charge in [-0.3, -0.25) is 14.4 Å². The van der Waals surface area contributed by atoms with Gasteiger partial charge in [0, 0.05) is 18.2 Å². The van der Waals surface area contributed by atoms with Gasteiger partial charge in [0.2, 0.25) is 0 Å². The summed E-state index contributed by atoms with van der Waals surface area (Å²) in [5.41, 5.74) is -1.13. The van der Waals surface area contributed by atoms with Crippen LogP contribution in [0.25, 0.3) is 0 Å². The number of carbonyl (C=O) groups is 3. The number of anilines is 1. The smallest absolute Gasteiger partial charge is 0.312 e. The SMILES string of the molecule is COc1ccc(CC(=O)OC2(C(=O)NC(C)(C)C)C(=O)N(C)c3ccccc32)cc1. The fourth-order valence-corrected chi connectivity index (χ4v) is 3.43. The number of benzene rings is 2. The van der Waals surface area contributed by atoms with Crippen LogP contribution in [0.2, 0.25) is 0 Å². The number of hydrogen-bond acceptors (Lipinski definition) is 5. The molecule has 1 aliphatic rings. The maximum atomic E-state index is 13.3. The molecule has 0 bridgehead atoms. The Morgan fingerprint density at radius 1 is 1.07 bits per heavy atom. The van der Waals surface area contributed by atoms with Crippen LogP contribution in [0.15, 0.2) is 48.5 Å². The van der Waals surface area contributed by atoms with Crippen molar-refractivity contribution < 1.29 is 23.9 Å². The van der Waals surface area contributed by atoms with Crippen LogP contribution in [-0.2, 0) is 31.1 Å². The van der Waals surface area contributed by atoms with E-state index in [1.807, 2.05) is 0 Å². The molecule has 0 aromatic heterocycles. The highest BCUT2D eigenvalue weighted by molar-refractivity contribution is 6.21.